The van der Waals surface area contributed by atoms with E-state index < -0.39 is 0 Å². The van der Waals surface area contributed by atoms with Crippen LogP contribution in [0.2, 0.25) is 0 Å². The van der Waals surface area contributed by atoms with Gasteiger partial charge in [0, 0.05) is 18.9 Å². The highest BCUT2D eigenvalue weighted by Crippen LogP contribution is 2.11. The zero-order valence-corrected chi connectivity index (χ0v) is 11.6. The van der Waals surface area contributed by atoms with E-state index >= 15 is 0 Å². The molecule has 0 aliphatic carbocycles. The Hall–Kier alpha value is -0.970. The summed E-state index contributed by atoms with van der Waals surface area (Å²) in [5, 5.41) is 16.9. The maximum atomic E-state index is 11.5. The zero-order chi connectivity index (χ0) is 13.3. The lowest BCUT2D eigenvalue weighted by Gasteiger charge is -2.15. The first kappa shape index (κ1) is 16.0. The van der Waals surface area contributed by atoms with Crippen molar-refractivity contribution in [2.45, 2.75) is 39.5 Å². The SMILES string of the molecule is CCCCCCSC(=N)N(C)C(=O)/C=C(\C)O. The van der Waals surface area contributed by atoms with Gasteiger partial charge in [0.2, 0.25) is 0 Å². The van der Waals surface area contributed by atoms with Crippen LogP contribution < -0.4 is 0 Å². The molecule has 17 heavy (non-hydrogen) atoms. The molecule has 0 heterocycles. The molecule has 0 aliphatic rings. The number of carbonyl (C=O) groups is 1. The first-order valence-corrected chi connectivity index (χ1v) is 6.84. The number of hydrogen-bond acceptors (Lipinski definition) is 4. The van der Waals surface area contributed by atoms with E-state index in [-0.39, 0.29) is 16.8 Å². The minimum absolute atomic E-state index is 0.0393. The Morgan fingerprint density at radius 2 is 2.06 bits per heavy atom. The molecule has 0 fully saturated rings. The van der Waals surface area contributed by atoms with E-state index in [4.69, 9.17) is 10.5 Å². The summed E-state index contributed by atoms with van der Waals surface area (Å²) < 4.78 is 0. The Balaban J connectivity index is 3.90. The highest BCUT2D eigenvalue weighted by molar-refractivity contribution is 8.13. The summed E-state index contributed by atoms with van der Waals surface area (Å²) in [4.78, 5) is 12.7. The second-order valence-electron chi connectivity index (χ2n) is 3.90. The van der Waals surface area contributed by atoms with Gasteiger partial charge in [-0.05, 0) is 13.3 Å². The van der Waals surface area contributed by atoms with E-state index in [0.29, 0.717) is 0 Å². The van der Waals surface area contributed by atoms with Crippen molar-refractivity contribution in [1.29, 1.82) is 5.41 Å². The molecule has 0 aromatic heterocycles. The van der Waals surface area contributed by atoms with Crippen LogP contribution in [-0.2, 0) is 4.79 Å². The Morgan fingerprint density at radius 1 is 1.41 bits per heavy atom. The van der Waals surface area contributed by atoms with Gasteiger partial charge in [-0.2, -0.15) is 0 Å². The average Bonchev–Trinajstić information content (AvgIpc) is 2.26. The van der Waals surface area contributed by atoms with E-state index in [2.05, 4.69) is 6.92 Å². The fraction of sp³-hybridized carbons (Fsp3) is 0.667. The van der Waals surface area contributed by atoms with E-state index in [1.807, 2.05) is 0 Å². The lowest BCUT2D eigenvalue weighted by atomic mass is 10.2. The average molecular weight is 258 g/mol. The molecule has 0 aromatic carbocycles. The monoisotopic (exact) mass is 258 g/mol. The molecule has 0 saturated carbocycles. The molecule has 0 rings (SSSR count). The third-order valence-electron chi connectivity index (χ3n) is 2.20. The molecule has 0 bridgehead atoms. The van der Waals surface area contributed by atoms with Crippen LogP contribution in [0.15, 0.2) is 11.8 Å². The Morgan fingerprint density at radius 3 is 2.59 bits per heavy atom. The molecule has 4 nitrogen and oxygen atoms in total. The van der Waals surface area contributed by atoms with E-state index in [1.54, 1.807) is 7.05 Å². The summed E-state index contributed by atoms with van der Waals surface area (Å²) in [5.41, 5.74) is 0. The van der Waals surface area contributed by atoms with Crippen molar-refractivity contribution in [1.82, 2.24) is 4.90 Å². The minimum Gasteiger partial charge on any atom is -0.512 e. The smallest absolute Gasteiger partial charge is 0.255 e. The number of carbonyl (C=O) groups excluding carboxylic acids is 1. The maximum Gasteiger partial charge on any atom is 0.255 e. The van der Waals surface area contributed by atoms with Crippen molar-refractivity contribution in [2.24, 2.45) is 0 Å². The number of aliphatic hydroxyl groups is 1. The second kappa shape index (κ2) is 9.10. The van der Waals surface area contributed by atoms with Gasteiger partial charge < -0.3 is 5.11 Å². The van der Waals surface area contributed by atoms with Gasteiger partial charge in [-0.3, -0.25) is 15.1 Å². The number of nitrogens with zero attached hydrogens (tertiary/aromatic N) is 1. The van der Waals surface area contributed by atoms with Gasteiger partial charge in [0.1, 0.15) is 0 Å². The lowest BCUT2D eigenvalue weighted by molar-refractivity contribution is -0.121. The second-order valence-corrected chi connectivity index (χ2v) is 4.98. The molecule has 0 radical (unpaired) electrons. The fourth-order valence-electron chi connectivity index (χ4n) is 1.17. The molecule has 0 atom stereocenters. The quantitative estimate of drug-likeness (QED) is 0.253. The van der Waals surface area contributed by atoms with Crippen LogP contribution in [0.1, 0.15) is 39.5 Å². The number of amidine groups is 1. The van der Waals surface area contributed by atoms with Crippen molar-refractivity contribution >= 4 is 22.8 Å². The third kappa shape index (κ3) is 7.85. The third-order valence-corrected chi connectivity index (χ3v) is 3.24. The topological polar surface area (TPSA) is 64.4 Å². The van der Waals surface area contributed by atoms with Crippen molar-refractivity contribution in [3.63, 3.8) is 0 Å². The number of thioether (sulfide) groups is 1. The fourth-order valence-corrected chi connectivity index (χ4v) is 2.00. The van der Waals surface area contributed by atoms with Gasteiger partial charge in [-0.25, -0.2) is 0 Å². The van der Waals surface area contributed by atoms with Gasteiger partial charge in [0.25, 0.3) is 5.91 Å². The van der Waals surface area contributed by atoms with Crippen LogP contribution >= 0.6 is 11.8 Å². The molecule has 0 spiro atoms. The predicted molar refractivity (Wildman–Crippen MR) is 73.5 cm³/mol. The number of allylic oxidation sites excluding steroid dienone is 1. The Labute approximate surface area is 108 Å². The normalized spacial score (nSPS) is 11.4. The summed E-state index contributed by atoms with van der Waals surface area (Å²) in [7, 11) is 1.54. The summed E-state index contributed by atoms with van der Waals surface area (Å²) in [5.74, 6) is 0.455. The standard InChI is InChI=1S/C12H22N2O2S/c1-4-5-6-7-8-17-12(13)14(3)11(16)9-10(2)15/h9,13,15H,4-8H2,1-3H3/b10-9+,13-12?. The van der Waals surface area contributed by atoms with E-state index in [1.165, 1.54) is 42.8 Å². The molecule has 0 aliphatic heterocycles. The summed E-state index contributed by atoms with van der Waals surface area (Å²) >= 11 is 1.37. The van der Waals surface area contributed by atoms with E-state index in [9.17, 15) is 4.79 Å². The van der Waals surface area contributed by atoms with Crippen molar-refractivity contribution in [3.05, 3.63) is 11.8 Å². The van der Waals surface area contributed by atoms with Crippen molar-refractivity contribution in [2.75, 3.05) is 12.8 Å². The minimum atomic E-state index is -0.365. The van der Waals surface area contributed by atoms with Crippen LogP contribution in [0.4, 0.5) is 0 Å². The summed E-state index contributed by atoms with van der Waals surface area (Å²) in [6.07, 6.45) is 5.77. The van der Waals surface area contributed by atoms with Crippen LogP contribution in [0, 0.1) is 5.41 Å². The van der Waals surface area contributed by atoms with Crippen molar-refractivity contribution < 1.29 is 9.90 Å². The summed E-state index contributed by atoms with van der Waals surface area (Å²) in [6.45, 7) is 3.60. The summed E-state index contributed by atoms with van der Waals surface area (Å²) in [6, 6.07) is 0. The number of amides is 1. The highest BCUT2D eigenvalue weighted by Gasteiger charge is 2.11. The lowest BCUT2D eigenvalue weighted by Crippen LogP contribution is -2.29. The van der Waals surface area contributed by atoms with Gasteiger partial charge in [0.05, 0.1) is 5.76 Å². The molecule has 2 N–H and O–H groups in total. The number of unbranched alkanes of at least 4 members (excludes halogenated alkanes) is 3. The number of nitrogens with one attached hydrogen (secondary N) is 1. The first-order chi connectivity index (χ1) is 7.99. The molecule has 0 saturated heterocycles. The number of rotatable bonds is 6. The van der Waals surface area contributed by atoms with Crippen LogP contribution in [0.25, 0.3) is 0 Å². The van der Waals surface area contributed by atoms with Gasteiger partial charge in [-0.15, -0.1) is 0 Å². The van der Waals surface area contributed by atoms with Crippen LogP contribution in [-0.4, -0.2) is 33.9 Å². The number of hydrogen-bond donors (Lipinski definition) is 2. The van der Waals surface area contributed by atoms with Gasteiger partial charge in [0.15, 0.2) is 5.17 Å². The Bertz CT molecular complexity index is 286. The highest BCUT2D eigenvalue weighted by atomic mass is 32.2. The molecular weight excluding hydrogens is 236 g/mol. The predicted octanol–water partition coefficient (Wildman–Crippen LogP) is 3.15. The van der Waals surface area contributed by atoms with Gasteiger partial charge >= 0.3 is 0 Å². The van der Waals surface area contributed by atoms with Crippen LogP contribution in [0.5, 0.6) is 0 Å². The molecule has 98 valence electrons. The molecule has 0 unspecified atom stereocenters. The van der Waals surface area contributed by atoms with Crippen LogP contribution in [0.3, 0.4) is 0 Å². The molecule has 1 amide bonds. The largest absolute Gasteiger partial charge is 0.512 e. The number of aliphatic hydroxyl groups excluding tert-OH is 1. The van der Waals surface area contributed by atoms with Gasteiger partial charge in [-0.1, -0.05) is 37.9 Å². The molecule has 0 aromatic rings. The number of likely N-dealkylation sites (N-methyl/N-ethyl adjacent to an activating group) is 1. The van der Waals surface area contributed by atoms with Crippen molar-refractivity contribution in [3.8, 4) is 0 Å². The van der Waals surface area contributed by atoms with E-state index in [0.717, 1.165) is 18.2 Å². The maximum absolute atomic E-state index is 11.5. The molecule has 5 heteroatoms. The zero-order valence-electron chi connectivity index (χ0n) is 10.8. The first-order valence-electron chi connectivity index (χ1n) is 5.85. The molecular formula is C12H22N2O2S. The Kier molecular flexibility index (Phi) is 8.58.